The molecule has 2 aromatic rings. The molecule has 0 aliphatic heterocycles. The quantitative estimate of drug-likeness (QED) is 0.734. The topological polar surface area (TPSA) is 0 Å². The van der Waals surface area contributed by atoms with E-state index in [4.69, 9.17) is 0 Å². The fourth-order valence-electron chi connectivity index (χ4n) is 2.98. The zero-order valence-corrected chi connectivity index (χ0v) is 14.6. The summed E-state index contributed by atoms with van der Waals surface area (Å²) in [6.07, 6.45) is 9.30. The number of hydrogen-bond acceptors (Lipinski definition) is 0. The molecule has 0 nitrogen and oxygen atoms in total. The second kappa shape index (κ2) is 5.86. The molecule has 0 spiro atoms. The minimum Gasteiger partial charge on any atom is -0.0796 e. The standard InChI is InChI=1S/C18H14Si.Na/c1-3-7-15-13(5-1)9-11-17(15)19-18-12-10-14-6-2-4-8-16(14)18;/h1-12,17-18H;. The smallest absolute Gasteiger partial charge is 0.0670 e. The van der Waals surface area contributed by atoms with E-state index in [1.807, 2.05) is 0 Å². The van der Waals surface area contributed by atoms with Gasteiger partial charge >= 0.3 is 0 Å². The van der Waals surface area contributed by atoms with Crippen molar-refractivity contribution < 1.29 is 0 Å². The van der Waals surface area contributed by atoms with E-state index >= 15 is 0 Å². The van der Waals surface area contributed by atoms with Crippen LogP contribution in [0.15, 0.2) is 60.7 Å². The van der Waals surface area contributed by atoms with Gasteiger partial charge in [-0.2, -0.15) is 0 Å². The summed E-state index contributed by atoms with van der Waals surface area (Å²) in [4.78, 5) is 0. The van der Waals surface area contributed by atoms with Crippen molar-refractivity contribution in [2.75, 3.05) is 0 Å². The first kappa shape index (κ1) is 14.1. The second-order valence-corrected chi connectivity index (χ2v) is 6.68. The molecular formula is C18H14NaSi. The molecule has 91 valence electrons. The van der Waals surface area contributed by atoms with Crippen molar-refractivity contribution in [1.29, 1.82) is 0 Å². The molecule has 0 heterocycles. The van der Waals surface area contributed by atoms with E-state index in [2.05, 4.69) is 72.8 Å². The summed E-state index contributed by atoms with van der Waals surface area (Å²) in [5.41, 5.74) is 6.98. The van der Waals surface area contributed by atoms with Crippen LogP contribution in [0, 0.1) is 0 Å². The maximum Gasteiger partial charge on any atom is 0.0670 e. The van der Waals surface area contributed by atoms with E-state index in [-0.39, 0.29) is 29.6 Å². The van der Waals surface area contributed by atoms with Crippen LogP contribution in [0.25, 0.3) is 12.2 Å². The van der Waals surface area contributed by atoms with Gasteiger partial charge in [0.15, 0.2) is 0 Å². The van der Waals surface area contributed by atoms with Gasteiger partial charge in [0.05, 0.1) is 9.52 Å². The number of hydrogen-bond donors (Lipinski definition) is 0. The maximum atomic E-state index is 2.37. The number of rotatable bonds is 2. The second-order valence-electron chi connectivity index (χ2n) is 5.10. The van der Waals surface area contributed by atoms with Crippen LogP contribution in [0.5, 0.6) is 0 Å². The fourth-order valence-corrected chi connectivity index (χ4v) is 4.67. The first-order chi connectivity index (χ1) is 9.42. The van der Waals surface area contributed by atoms with Crippen molar-refractivity contribution in [3.05, 3.63) is 82.9 Å². The Morgan fingerprint density at radius 3 is 1.60 bits per heavy atom. The van der Waals surface area contributed by atoms with Crippen LogP contribution in [-0.4, -0.2) is 39.1 Å². The third-order valence-corrected chi connectivity index (χ3v) is 5.68. The summed E-state index contributed by atoms with van der Waals surface area (Å²) in [5, 5.41) is 0. The van der Waals surface area contributed by atoms with Crippen molar-refractivity contribution in [2.45, 2.75) is 11.1 Å². The van der Waals surface area contributed by atoms with Crippen LogP contribution in [-0.2, 0) is 0 Å². The first-order valence-corrected chi connectivity index (χ1v) is 7.87. The van der Waals surface area contributed by atoms with Crippen LogP contribution < -0.4 is 0 Å². The van der Waals surface area contributed by atoms with E-state index in [1.165, 1.54) is 22.3 Å². The van der Waals surface area contributed by atoms with Crippen LogP contribution in [0.3, 0.4) is 0 Å². The zero-order chi connectivity index (χ0) is 12.7. The van der Waals surface area contributed by atoms with Crippen molar-refractivity contribution in [3.8, 4) is 0 Å². The van der Waals surface area contributed by atoms with Crippen LogP contribution >= 0.6 is 0 Å². The molecule has 0 fully saturated rings. The summed E-state index contributed by atoms with van der Waals surface area (Å²) >= 11 is 0. The molecule has 4 rings (SSSR count). The summed E-state index contributed by atoms with van der Waals surface area (Å²) < 4.78 is 0. The van der Waals surface area contributed by atoms with Gasteiger partial charge in [-0.25, -0.2) is 0 Å². The molecule has 2 unspecified atom stereocenters. The Morgan fingerprint density at radius 2 is 1.10 bits per heavy atom. The van der Waals surface area contributed by atoms with Gasteiger partial charge in [-0.15, -0.1) is 0 Å². The van der Waals surface area contributed by atoms with Crippen molar-refractivity contribution in [2.24, 2.45) is 0 Å². The number of benzene rings is 2. The van der Waals surface area contributed by atoms with E-state index in [0.29, 0.717) is 11.1 Å². The zero-order valence-electron chi connectivity index (χ0n) is 11.6. The Bertz CT molecular complexity index is 628. The predicted octanol–water partition coefficient (Wildman–Crippen LogP) is 3.85. The minimum atomic E-state index is 0. The van der Waals surface area contributed by atoms with E-state index < -0.39 is 0 Å². The van der Waals surface area contributed by atoms with Crippen LogP contribution in [0.1, 0.15) is 33.3 Å². The Labute approximate surface area is 144 Å². The number of allylic oxidation sites excluding steroid dienone is 2. The molecule has 0 saturated carbocycles. The molecule has 20 heavy (non-hydrogen) atoms. The van der Waals surface area contributed by atoms with Gasteiger partial charge in [0.2, 0.25) is 0 Å². The van der Waals surface area contributed by atoms with Gasteiger partial charge in [0.25, 0.3) is 0 Å². The van der Waals surface area contributed by atoms with Gasteiger partial charge < -0.3 is 0 Å². The Balaban J connectivity index is 0.00000121. The Kier molecular flexibility index (Phi) is 4.13. The molecule has 2 heteroatoms. The largest absolute Gasteiger partial charge is 0.0796 e. The van der Waals surface area contributed by atoms with E-state index in [9.17, 15) is 0 Å². The fraction of sp³-hybridized carbons (Fsp3) is 0.111. The van der Waals surface area contributed by atoms with Crippen LogP contribution in [0.4, 0.5) is 0 Å². The van der Waals surface area contributed by atoms with Crippen molar-refractivity contribution in [1.82, 2.24) is 0 Å². The van der Waals surface area contributed by atoms with Gasteiger partial charge in [-0.3, -0.25) is 0 Å². The minimum absolute atomic E-state index is 0. The van der Waals surface area contributed by atoms with Crippen LogP contribution in [0.2, 0.25) is 0 Å². The average molecular weight is 281 g/mol. The average Bonchev–Trinajstić information content (AvgIpc) is 3.05. The third-order valence-electron chi connectivity index (χ3n) is 3.96. The third kappa shape index (κ3) is 2.40. The summed E-state index contributed by atoms with van der Waals surface area (Å²) in [6, 6.07) is 17.5. The van der Waals surface area contributed by atoms with Gasteiger partial charge in [-0.1, -0.05) is 72.8 Å². The summed E-state index contributed by atoms with van der Waals surface area (Å²) in [5.74, 6) is 0. The molecule has 2 atom stereocenters. The first-order valence-electron chi connectivity index (χ1n) is 6.72. The molecule has 0 aromatic heterocycles. The van der Waals surface area contributed by atoms with Gasteiger partial charge in [0.1, 0.15) is 0 Å². The Hall–Kier alpha value is -0.863. The van der Waals surface area contributed by atoms with E-state index in [0.717, 1.165) is 9.52 Å². The summed E-state index contributed by atoms with van der Waals surface area (Å²) in [7, 11) is 0.900. The van der Waals surface area contributed by atoms with Crippen molar-refractivity contribution in [3.63, 3.8) is 0 Å². The molecule has 2 aromatic carbocycles. The van der Waals surface area contributed by atoms with E-state index in [1.54, 1.807) is 0 Å². The Morgan fingerprint density at radius 1 is 0.650 bits per heavy atom. The SMILES string of the molecule is C1=CC([Si]C2C=Cc3ccccc32)c2ccccc21.[Na]. The molecule has 2 aliphatic rings. The molecule has 0 amide bonds. The van der Waals surface area contributed by atoms with Gasteiger partial charge in [-0.05, 0) is 33.3 Å². The molecule has 0 N–H and O–H groups in total. The predicted molar refractivity (Wildman–Crippen MR) is 87.9 cm³/mol. The normalized spacial score (nSPS) is 21.4. The molecular weight excluding hydrogens is 267 g/mol. The molecule has 3 radical (unpaired) electrons. The molecule has 2 aliphatic carbocycles. The van der Waals surface area contributed by atoms with Gasteiger partial charge in [0, 0.05) is 29.6 Å². The number of fused-ring (bicyclic) bond motifs is 2. The van der Waals surface area contributed by atoms with Crippen molar-refractivity contribution >= 4 is 51.2 Å². The molecule has 0 saturated heterocycles. The maximum absolute atomic E-state index is 2.37. The molecule has 0 bridgehead atoms. The monoisotopic (exact) mass is 281 g/mol. The summed E-state index contributed by atoms with van der Waals surface area (Å²) in [6.45, 7) is 0.